The predicted octanol–water partition coefficient (Wildman–Crippen LogP) is 1.33. The van der Waals surface area contributed by atoms with Crippen molar-refractivity contribution in [3.63, 3.8) is 0 Å². The largest absolute Gasteiger partial charge is 0.496 e. The van der Waals surface area contributed by atoms with Crippen molar-refractivity contribution in [1.29, 1.82) is 0 Å². The Hall–Kier alpha value is -2.46. The second-order valence-electron chi connectivity index (χ2n) is 8.20. The van der Waals surface area contributed by atoms with Crippen LogP contribution in [0.5, 0.6) is 5.75 Å². The van der Waals surface area contributed by atoms with E-state index in [1.54, 1.807) is 14.0 Å². The van der Waals surface area contributed by atoms with Gasteiger partial charge in [-0.25, -0.2) is 4.79 Å². The highest BCUT2D eigenvalue weighted by molar-refractivity contribution is 6.62. The average Bonchev–Trinajstić information content (AvgIpc) is 3.20. The van der Waals surface area contributed by atoms with E-state index >= 15 is 0 Å². The average molecular weight is 416 g/mol. The van der Waals surface area contributed by atoms with Gasteiger partial charge in [-0.2, -0.15) is 4.80 Å². The normalized spacial score (nSPS) is 17.2. The van der Waals surface area contributed by atoms with E-state index in [1.807, 2.05) is 45.9 Å². The van der Waals surface area contributed by atoms with Crippen molar-refractivity contribution in [3.05, 3.63) is 29.6 Å². The summed E-state index contributed by atoms with van der Waals surface area (Å²) in [6.07, 6.45) is 1.23. The van der Waals surface area contributed by atoms with E-state index in [1.165, 1.54) is 4.80 Å². The number of carbonyl (C=O) groups is 1. The lowest BCUT2D eigenvalue weighted by atomic mass is 9.78. The van der Waals surface area contributed by atoms with E-state index in [0.717, 1.165) is 16.8 Å². The third kappa shape index (κ3) is 4.81. The highest BCUT2D eigenvalue weighted by Gasteiger charge is 2.51. The van der Waals surface area contributed by atoms with Gasteiger partial charge in [0.2, 0.25) is 0 Å². The SMILES string of the molecule is CCOC(=O)Cn1nnc(CCc2ccc(B3OC(C)(C)C(C)(C)O3)cc2OC)n1. The Balaban J connectivity index is 1.65. The molecule has 0 unspecified atom stereocenters. The Morgan fingerprint density at radius 1 is 1.17 bits per heavy atom. The number of aryl methyl sites for hydroxylation is 2. The van der Waals surface area contributed by atoms with E-state index in [-0.39, 0.29) is 12.5 Å². The minimum Gasteiger partial charge on any atom is -0.496 e. The molecular weight excluding hydrogens is 387 g/mol. The number of rotatable bonds is 8. The fraction of sp³-hybridized carbons (Fsp3) is 0.600. The van der Waals surface area contributed by atoms with Gasteiger partial charge in [0.1, 0.15) is 5.75 Å². The van der Waals surface area contributed by atoms with Gasteiger partial charge in [-0.15, -0.1) is 10.2 Å². The number of nitrogens with zero attached hydrogens (tertiary/aromatic N) is 4. The molecule has 1 aromatic heterocycles. The molecule has 0 saturated carbocycles. The lowest BCUT2D eigenvalue weighted by molar-refractivity contribution is -0.144. The summed E-state index contributed by atoms with van der Waals surface area (Å²) in [5, 5.41) is 12.1. The number of aromatic nitrogens is 4. The maximum Gasteiger partial charge on any atom is 0.494 e. The molecule has 30 heavy (non-hydrogen) atoms. The van der Waals surface area contributed by atoms with Crippen LogP contribution in [0.15, 0.2) is 18.2 Å². The minimum absolute atomic E-state index is 0.0487. The molecule has 1 fully saturated rings. The number of hydrogen-bond acceptors (Lipinski definition) is 8. The van der Waals surface area contributed by atoms with E-state index in [4.69, 9.17) is 18.8 Å². The molecule has 1 aliphatic rings. The lowest BCUT2D eigenvalue weighted by Crippen LogP contribution is -2.41. The molecule has 0 atom stereocenters. The Morgan fingerprint density at radius 3 is 2.50 bits per heavy atom. The van der Waals surface area contributed by atoms with Gasteiger partial charge in [0.25, 0.3) is 0 Å². The molecule has 0 amide bonds. The van der Waals surface area contributed by atoms with E-state index < -0.39 is 18.3 Å². The maximum atomic E-state index is 11.5. The van der Waals surface area contributed by atoms with Crippen LogP contribution in [0.25, 0.3) is 0 Å². The van der Waals surface area contributed by atoms with Crippen LogP contribution in [-0.4, -0.2) is 58.2 Å². The summed E-state index contributed by atoms with van der Waals surface area (Å²) in [5.41, 5.74) is 1.13. The molecule has 0 spiro atoms. The first-order chi connectivity index (χ1) is 14.1. The van der Waals surface area contributed by atoms with Crippen LogP contribution < -0.4 is 10.2 Å². The maximum absolute atomic E-state index is 11.5. The van der Waals surface area contributed by atoms with E-state index in [2.05, 4.69) is 15.4 Å². The number of hydrogen-bond donors (Lipinski definition) is 0. The monoisotopic (exact) mass is 416 g/mol. The van der Waals surface area contributed by atoms with Gasteiger partial charge < -0.3 is 18.8 Å². The highest BCUT2D eigenvalue weighted by atomic mass is 16.7. The van der Waals surface area contributed by atoms with Gasteiger partial charge in [-0.05, 0) is 63.3 Å². The molecule has 3 rings (SSSR count). The Morgan fingerprint density at radius 2 is 1.87 bits per heavy atom. The molecule has 0 radical (unpaired) electrons. The zero-order chi connectivity index (χ0) is 21.9. The fourth-order valence-electron chi connectivity index (χ4n) is 3.11. The third-order valence-corrected chi connectivity index (χ3v) is 5.52. The van der Waals surface area contributed by atoms with Crippen molar-refractivity contribution < 1.29 is 23.6 Å². The van der Waals surface area contributed by atoms with Crippen molar-refractivity contribution in [2.75, 3.05) is 13.7 Å². The van der Waals surface area contributed by atoms with Gasteiger partial charge in [0.15, 0.2) is 12.4 Å². The molecule has 1 saturated heterocycles. The topological polar surface area (TPSA) is 97.6 Å². The van der Waals surface area contributed by atoms with Crippen LogP contribution in [0.3, 0.4) is 0 Å². The molecule has 0 bridgehead atoms. The zero-order valence-corrected chi connectivity index (χ0v) is 18.5. The molecule has 1 aromatic carbocycles. The fourth-order valence-corrected chi connectivity index (χ4v) is 3.11. The van der Waals surface area contributed by atoms with Crippen molar-refractivity contribution in [2.24, 2.45) is 0 Å². The molecule has 0 N–H and O–H groups in total. The summed E-state index contributed by atoms with van der Waals surface area (Å²) in [5.74, 6) is 0.916. The molecule has 0 aliphatic carbocycles. The van der Waals surface area contributed by atoms with Crippen LogP contribution in [0.1, 0.15) is 46.0 Å². The summed E-state index contributed by atoms with van der Waals surface area (Å²) in [6, 6.07) is 5.94. The van der Waals surface area contributed by atoms with Crippen molar-refractivity contribution in [3.8, 4) is 5.75 Å². The summed E-state index contributed by atoms with van der Waals surface area (Å²) >= 11 is 0. The zero-order valence-electron chi connectivity index (χ0n) is 18.5. The molecular formula is C20H29BN4O5. The molecule has 1 aliphatic heterocycles. The first kappa shape index (κ1) is 22.2. The summed E-state index contributed by atoms with van der Waals surface area (Å²) in [6.45, 7) is 10.1. The number of ether oxygens (including phenoxy) is 2. The Labute approximate surface area is 177 Å². The quantitative estimate of drug-likeness (QED) is 0.470. The first-order valence-electron chi connectivity index (χ1n) is 10.1. The van der Waals surface area contributed by atoms with Gasteiger partial charge >= 0.3 is 13.1 Å². The standard InChI is InChI=1S/C20H29BN4O5/c1-7-28-18(26)13-25-23-17(22-24-25)11-9-14-8-10-15(12-16(14)27-6)21-29-19(2,3)20(4,5)30-21/h8,10,12H,7,9,11,13H2,1-6H3. The number of carbonyl (C=O) groups excluding carboxylic acids is 1. The number of tetrazole rings is 1. The minimum atomic E-state index is -0.442. The van der Waals surface area contributed by atoms with Crippen molar-refractivity contribution >= 4 is 18.6 Å². The summed E-state index contributed by atoms with van der Waals surface area (Å²) < 4.78 is 22.7. The molecule has 162 valence electrons. The second-order valence-corrected chi connectivity index (χ2v) is 8.20. The molecule has 9 nitrogen and oxygen atoms in total. The summed E-state index contributed by atoms with van der Waals surface area (Å²) in [7, 11) is 1.20. The number of benzene rings is 1. The van der Waals surface area contributed by atoms with Gasteiger partial charge in [-0.1, -0.05) is 12.1 Å². The Bertz CT molecular complexity index is 883. The van der Waals surface area contributed by atoms with Gasteiger partial charge in [0, 0.05) is 6.42 Å². The van der Waals surface area contributed by atoms with Crippen LogP contribution >= 0.6 is 0 Å². The van der Waals surface area contributed by atoms with Crippen LogP contribution in [0.4, 0.5) is 0 Å². The first-order valence-corrected chi connectivity index (χ1v) is 10.1. The van der Waals surface area contributed by atoms with Crippen LogP contribution in [0.2, 0.25) is 0 Å². The Kier molecular flexibility index (Phi) is 6.47. The predicted molar refractivity (Wildman–Crippen MR) is 111 cm³/mol. The highest BCUT2D eigenvalue weighted by Crippen LogP contribution is 2.36. The van der Waals surface area contributed by atoms with Crippen molar-refractivity contribution in [2.45, 2.75) is 65.2 Å². The lowest BCUT2D eigenvalue weighted by Gasteiger charge is -2.32. The van der Waals surface area contributed by atoms with Crippen LogP contribution in [0, 0.1) is 0 Å². The smallest absolute Gasteiger partial charge is 0.494 e. The molecule has 2 heterocycles. The second kappa shape index (κ2) is 8.73. The third-order valence-electron chi connectivity index (χ3n) is 5.52. The van der Waals surface area contributed by atoms with Gasteiger partial charge in [0.05, 0.1) is 24.9 Å². The van der Waals surface area contributed by atoms with Crippen LogP contribution in [-0.2, 0) is 38.2 Å². The van der Waals surface area contributed by atoms with Crippen molar-refractivity contribution in [1.82, 2.24) is 20.2 Å². The van der Waals surface area contributed by atoms with Gasteiger partial charge in [-0.3, -0.25) is 0 Å². The van der Waals surface area contributed by atoms with E-state index in [0.29, 0.717) is 25.3 Å². The molecule has 10 heteroatoms. The summed E-state index contributed by atoms with van der Waals surface area (Å²) in [4.78, 5) is 12.8. The number of esters is 1. The molecule has 2 aromatic rings. The number of methoxy groups -OCH3 is 1. The van der Waals surface area contributed by atoms with E-state index in [9.17, 15) is 4.79 Å².